The zero-order valence-electron chi connectivity index (χ0n) is 15.4. The molecule has 0 radical (unpaired) electrons. The van der Waals surface area contributed by atoms with Gasteiger partial charge in [0.2, 0.25) is 0 Å². The molecule has 4 N–H and O–H groups in total. The van der Waals surface area contributed by atoms with E-state index >= 15 is 0 Å². The minimum atomic E-state index is 0.776. The highest BCUT2D eigenvalue weighted by Gasteiger charge is 2.12. The van der Waals surface area contributed by atoms with Crippen molar-refractivity contribution in [1.82, 2.24) is 0 Å². The first-order valence-corrected chi connectivity index (χ1v) is 9.12. The van der Waals surface area contributed by atoms with Crippen LogP contribution in [-0.2, 0) is 0 Å². The normalized spacial score (nSPS) is 13.0. The number of nitrogen functional groups attached to an aromatic ring is 1. The Morgan fingerprint density at radius 2 is 1.42 bits per heavy atom. The third-order valence-corrected chi connectivity index (χ3v) is 4.31. The molecule has 0 bridgehead atoms. The third kappa shape index (κ3) is 4.12. The fourth-order valence-corrected chi connectivity index (χ4v) is 3.07. The van der Waals surface area contributed by atoms with E-state index < -0.39 is 0 Å². The summed E-state index contributed by atoms with van der Waals surface area (Å²) in [5.74, 6) is 0. The Labute approximate surface area is 155 Å². The van der Waals surface area contributed by atoms with E-state index in [1.165, 1.54) is 16.7 Å². The predicted molar refractivity (Wildman–Crippen MR) is 112 cm³/mol. The molecule has 3 nitrogen and oxygen atoms in total. The van der Waals surface area contributed by atoms with Gasteiger partial charge in [0.05, 0.1) is 0 Å². The van der Waals surface area contributed by atoms with Gasteiger partial charge >= 0.3 is 0 Å². The molecule has 0 amide bonds. The van der Waals surface area contributed by atoms with E-state index in [-0.39, 0.29) is 0 Å². The predicted octanol–water partition coefficient (Wildman–Crippen LogP) is 3.17. The Balaban J connectivity index is 2.07. The van der Waals surface area contributed by atoms with Crippen LogP contribution in [0, 0.1) is 0 Å². The van der Waals surface area contributed by atoms with Crippen LogP contribution in [0.2, 0.25) is 0 Å². The average Bonchev–Trinajstić information content (AvgIpc) is 2.67. The van der Waals surface area contributed by atoms with Crippen LogP contribution in [0.3, 0.4) is 0 Å². The molecule has 0 saturated heterocycles. The zero-order valence-corrected chi connectivity index (χ0v) is 15.4. The lowest BCUT2D eigenvalue weighted by Crippen LogP contribution is -2.71. The van der Waals surface area contributed by atoms with E-state index in [0.717, 1.165) is 35.7 Å². The molecule has 1 aliphatic carbocycles. The molecule has 0 heterocycles. The summed E-state index contributed by atoms with van der Waals surface area (Å²) in [6.45, 7) is 6.04. The van der Waals surface area contributed by atoms with Gasteiger partial charge in [0.15, 0.2) is 5.71 Å². The standard InChI is InChI=1S/C23H25N3/c1-3-25-21-13-7-18(8-14-21)23(17-5-11-20(24)12-6-17)19-9-15-22(16-10-19)26-4-2/h5-16,25H,3-4,24H2,1-2H3/p+1. The maximum atomic E-state index is 5.88. The second kappa shape index (κ2) is 8.34. The molecule has 26 heavy (non-hydrogen) atoms. The molecule has 132 valence electrons. The Bertz CT molecular complexity index is 849. The molecule has 0 spiro atoms. The number of rotatable bonds is 5. The quantitative estimate of drug-likeness (QED) is 0.730. The van der Waals surface area contributed by atoms with E-state index in [4.69, 9.17) is 5.73 Å². The summed E-state index contributed by atoms with van der Waals surface area (Å²) >= 11 is 0. The number of hydrogen-bond donors (Lipinski definition) is 3. The molecule has 0 fully saturated rings. The lowest BCUT2D eigenvalue weighted by Gasteiger charge is -2.14. The van der Waals surface area contributed by atoms with Crippen molar-refractivity contribution in [1.29, 1.82) is 0 Å². The van der Waals surface area contributed by atoms with Crippen molar-refractivity contribution in [2.24, 2.45) is 0 Å². The van der Waals surface area contributed by atoms with Crippen molar-refractivity contribution in [3.05, 3.63) is 89.5 Å². The first-order valence-electron chi connectivity index (χ1n) is 9.12. The van der Waals surface area contributed by atoms with Crippen molar-refractivity contribution in [3.63, 3.8) is 0 Å². The molecule has 0 unspecified atom stereocenters. The van der Waals surface area contributed by atoms with E-state index in [2.05, 4.69) is 84.9 Å². The summed E-state index contributed by atoms with van der Waals surface area (Å²) in [6.07, 6.45) is 8.59. The number of nitrogens with one attached hydrogen (secondary N) is 2. The van der Waals surface area contributed by atoms with Gasteiger partial charge < -0.3 is 11.1 Å². The van der Waals surface area contributed by atoms with Crippen molar-refractivity contribution in [3.8, 4) is 0 Å². The third-order valence-electron chi connectivity index (χ3n) is 4.31. The number of hydrogen-bond acceptors (Lipinski definition) is 2. The second-order valence-electron chi connectivity index (χ2n) is 6.21. The molecule has 0 aliphatic heterocycles. The largest absolute Gasteiger partial charge is 0.399 e. The van der Waals surface area contributed by atoms with Crippen LogP contribution in [-0.4, -0.2) is 18.8 Å². The molecule has 0 atom stereocenters. The maximum Gasteiger partial charge on any atom is 0.198 e. The van der Waals surface area contributed by atoms with Crippen LogP contribution in [0.4, 0.5) is 11.4 Å². The maximum absolute atomic E-state index is 5.88. The minimum Gasteiger partial charge on any atom is -0.399 e. The van der Waals surface area contributed by atoms with E-state index in [1.54, 1.807) is 0 Å². The highest BCUT2D eigenvalue weighted by molar-refractivity contribution is 6.03. The van der Waals surface area contributed by atoms with Crippen molar-refractivity contribution >= 4 is 22.7 Å². The van der Waals surface area contributed by atoms with Gasteiger partial charge in [0.25, 0.3) is 0 Å². The van der Waals surface area contributed by atoms with Crippen LogP contribution in [0.15, 0.2) is 78.4 Å². The smallest absolute Gasteiger partial charge is 0.198 e. The van der Waals surface area contributed by atoms with Gasteiger partial charge in [-0.25, -0.2) is 4.99 Å². The number of nitrogens with two attached hydrogens (primary N) is 1. The summed E-state index contributed by atoms with van der Waals surface area (Å²) in [5.41, 5.74) is 13.7. The van der Waals surface area contributed by atoms with Gasteiger partial charge in [-0.15, -0.1) is 0 Å². The number of benzene rings is 2. The molecular weight excluding hydrogens is 318 g/mol. The molecule has 2 aromatic rings. The summed E-state index contributed by atoms with van der Waals surface area (Å²) in [5, 5.41) is 3.35. The van der Waals surface area contributed by atoms with Crippen LogP contribution >= 0.6 is 0 Å². The first-order chi connectivity index (χ1) is 12.7. The van der Waals surface area contributed by atoms with E-state index in [1.807, 2.05) is 12.1 Å². The molecule has 3 rings (SSSR count). The van der Waals surface area contributed by atoms with Crippen molar-refractivity contribution in [2.75, 3.05) is 24.1 Å². The SMILES string of the molecule is CCNc1ccc(C(=C2C=CC(=[NH+]CC)C=C2)c2ccc(N)cc2)cc1. The van der Waals surface area contributed by atoms with Gasteiger partial charge in [0, 0.05) is 30.1 Å². The fourth-order valence-electron chi connectivity index (χ4n) is 3.07. The van der Waals surface area contributed by atoms with Crippen LogP contribution in [0.1, 0.15) is 25.0 Å². The summed E-state index contributed by atoms with van der Waals surface area (Å²) in [4.78, 5) is 3.35. The highest BCUT2D eigenvalue weighted by atomic mass is 14.8. The lowest BCUT2D eigenvalue weighted by atomic mass is 9.90. The average molecular weight is 344 g/mol. The summed E-state index contributed by atoms with van der Waals surface area (Å²) in [6, 6.07) is 16.7. The summed E-state index contributed by atoms with van der Waals surface area (Å²) in [7, 11) is 0. The van der Waals surface area contributed by atoms with Gasteiger partial charge in [-0.1, -0.05) is 24.3 Å². The minimum absolute atomic E-state index is 0.776. The molecule has 0 saturated carbocycles. The topological polar surface area (TPSA) is 52.0 Å². The molecule has 0 aromatic heterocycles. The molecule has 3 heteroatoms. The van der Waals surface area contributed by atoms with E-state index in [9.17, 15) is 0 Å². The van der Waals surface area contributed by atoms with Crippen LogP contribution in [0.25, 0.3) is 5.57 Å². The van der Waals surface area contributed by atoms with Gasteiger partial charge in [-0.3, -0.25) is 0 Å². The fraction of sp³-hybridized carbons (Fsp3) is 0.174. The highest BCUT2D eigenvalue weighted by Crippen LogP contribution is 2.30. The Kier molecular flexibility index (Phi) is 5.69. The van der Waals surface area contributed by atoms with Crippen LogP contribution < -0.4 is 16.0 Å². The second-order valence-corrected chi connectivity index (χ2v) is 6.21. The Morgan fingerprint density at radius 1 is 0.846 bits per heavy atom. The Hall–Kier alpha value is -3.07. The van der Waals surface area contributed by atoms with Crippen LogP contribution in [0.5, 0.6) is 0 Å². The van der Waals surface area contributed by atoms with E-state index in [0.29, 0.717) is 0 Å². The van der Waals surface area contributed by atoms with Gasteiger partial charge in [-0.2, -0.15) is 0 Å². The van der Waals surface area contributed by atoms with Gasteiger partial charge in [0.1, 0.15) is 6.54 Å². The van der Waals surface area contributed by atoms with Gasteiger partial charge in [-0.05, 0) is 72.5 Å². The van der Waals surface area contributed by atoms with Crippen molar-refractivity contribution in [2.45, 2.75) is 13.8 Å². The molecule has 1 aliphatic rings. The first kappa shape index (κ1) is 17.7. The number of anilines is 2. The monoisotopic (exact) mass is 344 g/mol. The summed E-state index contributed by atoms with van der Waals surface area (Å²) < 4.78 is 0. The zero-order chi connectivity index (χ0) is 18.4. The Morgan fingerprint density at radius 3 is 1.96 bits per heavy atom. The number of allylic oxidation sites excluding steroid dienone is 5. The molecule has 2 aromatic carbocycles. The van der Waals surface area contributed by atoms with Crippen molar-refractivity contribution < 1.29 is 4.99 Å². The lowest BCUT2D eigenvalue weighted by molar-refractivity contribution is -0.450. The molecular formula is C23H26N3+.